The summed E-state index contributed by atoms with van der Waals surface area (Å²) in [5.74, 6) is 0.522. The van der Waals surface area contributed by atoms with Crippen LogP contribution < -0.4 is 10.2 Å². The second kappa shape index (κ2) is 13.1. The van der Waals surface area contributed by atoms with Gasteiger partial charge in [0, 0.05) is 16.9 Å². The minimum absolute atomic E-state index is 0.276. The van der Waals surface area contributed by atoms with Gasteiger partial charge >= 0.3 is 0 Å². The average molecular weight is 576 g/mol. The average Bonchev–Trinajstić information content (AvgIpc) is 3.46. The molecule has 0 aliphatic heterocycles. The molecule has 0 unspecified atom stereocenters. The van der Waals surface area contributed by atoms with Crippen LogP contribution in [0.15, 0.2) is 145 Å². The number of carbonyl (C=O) groups is 1. The van der Waals surface area contributed by atoms with Gasteiger partial charge in [-0.15, -0.1) is 6.58 Å². The molecule has 0 bridgehead atoms. The number of aromatic nitrogens is 1. The van der Waals surface area contributed by atoms with Crippen molar-refractivity contribution in [2.24, 2.45) is 5.10 Å². The molecule has 44 heavy (non-hydrogen) atoms. The second-order valence-electron chi connectivity index (χ2n) is 10.6. The predicted molar refractivity (Wildman–Crippen MR) is 180 cm³/mol. The monoisotopic (exact) mass is 575 g/mol. The van der Waals surface area contributed by atoms with Gasteiger partial charge in [-0.3, -0.25) is 4.79 Å². The number of benzene rings is 5. The van der Waals surface area contributed by atoms with Gasteiger partial charge in [0.25, 0.3) is 5.91 Å². The highest BCUT2D eigenvalue weighted by Crippen LogP contribution is 2.27. The van der Waals surface area contributed by atoms with Crippen molar-refractivity contribution in [2.75, 3.05) is 0 Å². The Balaban J connectivity index is 1.12. The van der Waals surface area contributed by atoms with Crippen LogP contribution in [-0.2, 0) is 13.0 Å². The molecule has 1 N–H and O–H groups in total. The van der Waals surface area contributed by atoms with Crippen molar-refractivity contribution in [1.29, 1.82) is 0 Å². The smallest absolute Gasteiger partial charge is 0.271 e. The van der Waals surface area contributed by atoms with E-state index in [4.69, 9.17) is 4.74 Å². The lowest BCUT2D eigenvalue weighted by Gasteiger charge is -2.13. The standard InChI is InChI=1S/C39H33N3O2/c1-3-10-33-25-29(18-24-38(33)44-27-34-15-9-14-30-11-7-8-16-36(30)34)26-40-41-39(43)32-19-21-35(22-20-32)42-28(2)17-23-37(42)31-12-5-4-6-13-31/h3-9,11-26H,1,10,27H2,2H3,(H,41,43)/b40-26+. The fourth-order valence-electron chi connectivity index (χ4n) is 5.42. The van der Waals surface area contributed by atoms with Gasteiger partial charge in [-0.2, -0.15) is 5.10 Å². The summed E-state index contributed by atoms with van der Waals surface area (Å²) in [6, 6.07) is 42.5. The van der Waals surface area contributed by atoms with E-state index in [0.29, 0.717) is 18.6 Å². The van der Waals surface area contributed by atoms with Crippen LogP contribution in [0.2, 0.25) is 0 Å². The quantitative estimate of drug-likeness (QED) is 0.101. The molecule has 5 heteroatoms. The maximum atomic E-state index is 12.9. The summed E-state index contributed by atoms with van der Waals surface area (Å²) in [7, 11) is 0. The summed E-state index contributed by atoms with van der Waals surface area (Å²) in [6.45, 7) is 6.44. The normalized spacial score (nSPS) is 11.1. The molecule has 0 atom stereocenters. The van der Waals surface area contributed by atoms with Crippen LogP contribution in [0.5, 0.6) is 5.75 Å². The Kier molecular flexibility index (Phi) is 8.46. The van der Waals surface area contributed by atoms with Gasteiger partial charge in [-0.25, -0.2) is 5.43 Å². The topological polar surface area (TPSA) is 55.6 Å². The third-order valence-corrected chi connectivity index (χ3v) is 7.62. The number of hydrogen-bond donors (Lipinski definition) is 1. The summed E-state index contributed by atoms with van der Waals surface area (Å²) in [6.07, 6.45) is 4.14. The molecule has 1 amide bonds. The molecule has 0 fully saturated rings. The van der Waals surface area contributed by atoms with Crippen molar-refractivity contribution in [2.45, 2.75) is 20.0 Å². The molecule has 0 saturated heterocycles. The highest BCUT2D eigenvalue weighted by Gasteiger charge is 2.11. The fourth-order valence-corrected chi connectivity index (χ4v) is 5.42. The van der Waals surface area contributed by atoms with Gasteiger partial charge < -0.3 is 9.30 Å². The van der Waals surface area contributed by atoms with Crippen LogP contribution in [-0.4, -0.2) is 16.7 Å². The third-order valence-electron chi connectivity index (χ3n) is 7.62. The van der Waals surface area contributed by atoms with Crippen molar-refractivity contribution in [3.05, 3.63) is 168 Å². The molecule has 0 aliphatic rings. The number of ether oxygens (including phenoxy) is 1. The SMILES string of the molecule is C=CCc1cc(/C=N/NC(=O)c2ccc(-n3c(C)ccc3-c3ccccc3)cc2)ccc1OCc1cccc2ccccc12. The molecule has 0 aliphatic carbocycles. The highest BCUT2D eigenvalue weighted by atomic mass is 16.5. The van der Waals surface area contributed by atoms with E-state index < -0.39 is 0 Å². The molecule has 1 heterocycles. The lowest BCUT2D eigenvalue weighted by Crippen LogP contribution is -2.17. The molecule has 5 nitrogen and oxygen atoms in total. The van der Waals surface area contributed by atoms with Crippen molar-refractivity contribution in [1.82, 2.24) is 9.99 Å². The van der Waals surface area contributed by atoms with Gasteiger partial charge in [-0.1, -0.05) is 78.9 Å². The van der Waals surface area contributed by atoms with Crippen molar-refractivity contribution in [3.8, 4) is 22.7 Å². The van der Waals surface area contributed by atoms with E-state index in [1.165, 1.54) is 10.8 Å². The molecule has 0 spiro atoms. The van der Waals surface area contributed by atoms with E-state index >= 15 is 0 Å². The summed E-state index contributed by atoms with van der Waals surface area (Å²) in [5.41, 5.74) is 10.5. The first-order chi connectivity index (χ1) is 21.6. The Hall–Kier alpha value is -5.68. The molecule has 6 aromatic rings. The number of carbonyl (C=O) groups excluding carboxylic acids is 1. The number of aryl methyl sites for hydroxylation is 1. The van der Waals surface area contributed by atoms with Gasteiger partial charge in [0.2, 0.25) is 0 Å². The van der Waals surface area contributed by atoms with E-state index in [2.05, 4.69) is 83.2 Å². The maximum absolute atomic E-state index is 12.9. The van der Waals surface area contributed by atoms with E-state index in [9.17, 15) is 4.79 Å². The first-order valence-corrected chi connectivity index (χ1v) is 14.6. The minimum Gasteiger partial charge on any atom is -0.489 e. The number of fused-ring (bicyclic) bond motifs is 1. The number of rotatable bonds is 10. The van der Waals surface area contributed by atoms with Gasteiger partial charge in [0.15, 0.2) is 0 Å². The van der Waals surface area contributed by atoms with Gasteiger partial charge in [0.05, 0.1) is 11.9 Å². The largest absolute Gasteiger partial charge is 0.489 e. The number of hydrazone groups is 1. The molecule has 1 aromatic heterocycles. The number of nitrogens with zero attached hydrogens (tertiary/aromatic N) is 2. The number of hydrogen-bond acceptors (Lipinski definition) is 3. The zero-order valence-corrected chi connectivity index (χ0v) is 24.6. The van der Waals surface area contributed by atoms with Crippen LogP contribution in [0.3, 0.4) is 0 Å². The van der Waals surface area contributed by atoms with Crippen molar-refractivity contribution < 1.29 is 9.53 Å². The van der Waals surface area contributed by atoms with Gasteiger partial charge in [0.1, 0.15) is 12.4 Å². The molecule has 216 valence electrons. The van der Waals surface area contributed by atoms with E-state index in [0.717, 1.165) is 45.1 Å². The number of nitrogens with one attached hydrogen (secondary N) is 1. The Labute approximate surface area is 257 Å². The highest BCUT2D eigenvalue weighted by molar-refractivity contribution is 5.95. The van der Waals surface area contributed by atoms with Crippen LogP contribution in [0.4, 0.5) is 0 Å². The number of allylic oxidation sites excluding steroid dienone is 1. The van der Waals surface area contributed by atoms with Crippen LogP contribution in [0.25, 0.3) is 27.7 Å². The zero-order chi connectivity index (χ0) is 30.3. The predicted octanol–water partition coefficient (Wildman–Crippen LogP) is 8.68. The lowest BCUT2D eigenvalue weighted by molar-refractivity contribution is 0.0955. The molecule has 0 saturated carbocycles. The van der Waals surface area contributed by atoms with E-state index in [1.807, 2.05) is 78.9 Å². The Bertz CT molecular complexity index is 1950. The fraction of sp³-hybridized carbons (Fsp3) is 0.0769. The maximum Gasteiger partial charge on any atom is 0.271 e. The van der Waals surface area contributed by atoms with Crippen LogP contribution in [0.1, 0.15) is 32.7 Å². The van der Waals surface area contributed by atoms with E-state index in [1.54, 1.807) is 6.21 Å². The summed E-state index contributed by atoms with van der Waals surface area (Å²) >= 11 is 0. The second-order valence-corrected chi connectivity index (χ2v) is 10.6. The number of amides is 1. The Morgan fingerprint density at radius 3 is 2.43 bits per heavy atom. The van der Waals surface area contributed by atoms with Gasteiger partial charge in [-0.05, 0) is 101 Å². The first-order valence-electron chi connectivity index (χ1n) is 14.6. The summed E-state index contributed by atoms with van der Waals surface area (Å²) in [5, 5.41) is 6.60. The molecular formula is C39H33N3O2. The van der Waals surface area contributed by atoms with E-state index in [-0.39, 0.29) is 5.91 Å². The third kappa shape index (κ3) is 6.22. The van der Waals surface area contributed by atoms with Crippen molar-refractivity contribution in [3.63, 3.8) is 0 Å². The lowest BCUT2D eigenvalue weighted by atomic mass is 10.0. The van der Waals surface area contributed by atoms with Crippen molar-refractivity contribution >= 4 is 22.9 Å². The zero-order valence-electron chi connectivity index (χ0n) is 24.6. The first kappa shape index (κ1) is 28.4. The molecule has 5 aromatic carbocycles. The molecule has 0 radical (unpaired) electrons. The molecule has 6 rings (SSSR count). The molecular weight excluding hydrogens is 542 g/mol. The summed E-state index contributed by atoms with van der Waals surface area (Å²) in [4.78, 5) is 12.9. The summed E-state index contributed by atoms with van der Waals surface area (Å²) < 4.78 is 8.44. The van der Waals surface area contributed by atoms with Crippen LogP contribution in [0, 0.1) is 6.92 Å². The van der Waals surface area contributed by atoms with Crippen LogP contribution >= 0.6 is 0 Å². The minimum atomic E-state index is -0.276. The Morgan fingerprint density at radius 2 is 1.61 bits per heavy atom. The Morgan fingerprint density at radius 1 is 0.841 bits per heavy atom.